The fraction of sp³-hybridized carbons (Fsp3) is 0.933. The number of hydrogen-bond acceptors (Lipinski definition) is 4. The van der Waals surface area contributed by atoms with Crippen LogP contribution in [0.4, 0.5) is 0 Å². The van der Waals surface area contributed by atoms with Crippen molar-refractivity contribution in [2.75, 3.05) is 66.3 Å². The minimum absolute atomic E-state index is 0.366. The first-order valence-corrected chi connectivity index (χ1v) is 7.97. The lowest BCUT2D eigenvalue weighted by atomic mass is 9.87. The molecule has 0 aliphatic carbocycles. The predicted molar refractivity (Wildman–Crippen MR) is 82.7 cm³/mol. The maximum Gasteiger partial charge on any atom is 0.194 e. The van der Waals surface area contributed by atoms with Gasteiger partial charge in [-0.05, 0) is 19.8 Å². The van der Waals surface area contributed by atoms with Crippen LogP contribution in [-0.2, 0) is 14.2 Å². The van der Waals surface area contributed by atoms with Crippen LogP contribution in [0.1, 0.15) is 19.8 Å². The van der Waals surface area contributed by atoms with Crippen LogP contribution in [0.3, 0.4) is 0 Å². The van der Waals surface area contributed by atoms with Gasteiger partial charge in [0.25, 0.3) is 0 Å². The van der Waals surface area contributed by atoms with Crippen LogP contribution in [-0.4, -0.2) is 77.2 Å². The van der Waals surface area contributed by atoms with Gasteiger partial charge < -0.3 is 24.4 Å². The summed E-state index contributed by atoms with van der Waals surface area (Å²) >= 11 is 0. The van der Waals surface area contributed by atoms with Crippen LogP contribution in [0.25, 0.3) is 0 Å². The molecule has 1 unspecified atom stereocenters. The monoisotopic (exact) mass is 299 g/mol. The second-order valence-corrected chi connectivity index (χ2v) is 5.81. The number of rotatable bonds is 7. The quantitative estimate of drug-likeness (QED) is 0.427. The number of methoxy groups -OCH3 is 1. The van der Waals surface area contributed by atoms with Gasteiger partial charge in [-0.1, -0.05) is 0 Å². The van der Waals surface area contributed by atoms with E-state index < -0.39 is 0 Å². The Balaban J connectivity index is 1.78. The van der Waals surface area contributed by atoms with Crippen molar-refractivity contribution in [1.82, 2.24) is 10.2 Å². The standard InChI is InChI=1S/C15H29N3O3/c1-3-16-14(17-6-9-20-11-10-19-2)18-7-4-15(12-18)5-8-21-13-15/h3-13H2,1-2H3,(H,16,17). The normalized spacial score (nSPS) is 26.0. The molecule has 0 radical (unpaired) electrons. The summed E-state index contributed by atoms with van der Waals surface area (Å²) in [6.07, 6.45) is 2.39. The second-order valence-electron chi connectivity index (χ2n) is 5.81. The van der Waals surface area contributed by atoms with Crippen molar-refractivity contribution in [3.63, 3.8) is 0 Å². The van der Waals surface area contributed by atoms with Crippen LogP contribution in [0.5, 0.6) is 0 Å². The Labute approximate surface area is 127 Å². The van der Waals surface area contributed by atoms with Gasteiger partial charge in [-0.25, -0.2) is 0 Å². The van der Waals surface area contributed by atoms with Crippen molar-refractivity contribution in [3.05, 3.63) is 0 Å². The number of nitrogens with zero attached hydrogens (tertiary/aromatic N) is 2. The number of aliphatic imine (C=N–C) groups is 1. The van der Waals surface area contributed by atoms with E-state index in [2.05, 4.69) is 22.1 Å². The second kappa shape index (κ2) is 8.56. The van der Waals surface area contributed by atoms with Crippen molar-refractivity contribution in [2.24, 2.45) is 10.4 Å². The summed E-state index contributed by atoms with van der Waals surface area (Å²) in [5.41, 5.74) is 0.366. The average molecular weight is 299 g/mol. The van der Waals surface area contributed by atoms with E-state index in [0.717, 1.165) is 38.8 Å². The van der Waals surface area contributed by atoms with Gasteiger partial charge in [0, 0.05) is 38.8 Å². The summed E-state index contributed by atoms with van der Waals surface area (Å²) in [7, 11) is 1.68. The highest BCUT2D eigenvalue weighted by molar-refractivity contribution is 5.80. The van der Waals surface area contributed by atoms with E-state index in [9.17, 15) is 0 Å². The molecule has 2 saturated heterocycles. The Morgan fingerprint density at radius 2 is 2.24 bits per heavy atom. The molecule has 0 aromatic carbocycles. The van der Waals surface area contributed by atoms with Gasteiger partial charge in [-0.3, -0.25) is 4.99 Å². The lowest BCUT2D eigenvalue weighted by Crippen LogP contribution is -2.41. The third kappa shape index (κ3) is 4.83. The van der Waals surface area contributed by atoms with Gasteiger partial charge in [0.2, 0.25) is 0 Å². The molecule has 0 saturated carbocycles. The van der Waals surface area contributed by atoms with Crippen molar-refractivity contribution >= 4 is 5.96 Å². The zero-order valence-corrected chi connectivity index (χ0v) is 13.4. The first-order valence-electron chi connectivity index (χ1n) is 7.97. The number of nitrogens with one attached hydrogen (secondary N) is 1. The molecule has 0 bridgehead atoms. The third-order valence-corrected chi connectivity index (χ3v) is 4.19. The van der Waals surface area contributed by atoms with Gasteiger partial charge in [0.1, 0.15) is 0 Å². The van der Waals surface area contributed by atoms with E-state index >= 15 is 0 Å². The van der Waals surface area contributed by atoms with Crippen LogP contribution in [0.2, 0.25) is 0 Å². The summed E-state index contributed by atoms with van der Waals surface area (Å²) < 4.78 is 16.0. The molecule has 1 atom stereocenters. The molecular formula is C15H29N3O3. The number of guanidine groups is 1. The molecular weight excluding hydrogens is 270 g/mol. The van der Waals surface area contributed by atoms with E-state index in [1.807, 2.05) is 0 Å². The Kier molecular flexibility index (Phi) is 6.73. The Morgan fingerprint density at radius 1 is 1.33 bits per heavy atom. The fourth-order valence-electron chi connectivity index (χ4n) is 2.97. The topological polar surface area (TPSA) is 55.3 Å². The molecule has 21 heavy (non-hydrogen) atoms. The van der Waals surface area contributed by atoms with Crippen LogP contribution in [0, 0.1) is 5.41 Å². The van der Waals surface area contributed by atoms with Crippen molar-refractivity contribution in [3.8, 4) is 0 Å². The molecule has 0 aromatic rings. The maximum atomic E-state index is 5.59. The summed E-state index contributed by atoms with van der Waals surface area (Å²) in [6, 6.07) is 0. The number of likely N-dealkylation sites (tertiary alicyclic amines) is 1. The highest BCUT2D eigenvalue weighted by Gasteiger charge is 2.42. The molecule has 2 rings (SSSR count). The highest BCUT2D eigenvalue weighted by atomic mass is 16.5. The smallest absolute Gasteiger partial charge is 0.194 e. The van der Waals surface area contributed by atoms with E-state index in [0.29, 0.717) is 31.8 Å². The predicted octanol–water partition coefficient (Wildman–Crippen LogP) is 0.727. The summed E-state index contributed by atoms with van der Waals surface area (Å²) in [6.45, 7) is 9.54. The van der Waals surface area contributed by atoms with E-state index in [-0.39, 0.29) is 0 Å². The van der Waals surface area contributed by atoms with Gasteiger partial charge in [-0.15, -0.1) is 0 Å². The average Bonchev–Trinajstić information content (AvgIpc) is 3.12. The highest BCUT2D eigenvalue weighted by Crippen LogP contribution is 2.38. The Hall–Kier alpha value is -0.850. The first-order chi connectivity index (χ1) is 10.3. The lowest BCUT2D eigenvalue weighted by Gasteiger charge is -2.24. The summed E-state index contributed by atoms with van der Waals surface area (Å²) in [5, 5.41) is 3.39. The molecule has 6 heteroatoms. The minimum Gasteiger partial charge on any atom is -0.382 e. The SMILES string of the molecule is CCNC(=NCCOCCOC)N1CCC2(CCOC2)C1. The molecule has 1 spiro atoms. The minimum atomic E-state index is 0.366. The van der Waals surface area contributed by atoms with Crippen LogP contribution >= 0.6 is 0 Å². The Morgan fingerprint density at radius 3 is 2.95 bits per heavy atom. The number of hydrogen-bond donors (Lipinski definition) is 1. The van der Waals surface area contributed by atoms with E-state index in [1.165, 1.54) is 12.8 Å². The lowest BCUT2D eigenvalue weighted by molar-refractivity contribution is 0.0747. The van der Waals surface area contributed by atoms with Crippen molar-refractivity contribution < 1.29 is 14.2 Å². The first kappa shape index (κ1) is 16.5. The van der Waals surface area contributed by atoms with Crippen LogP contribution in [0.15, 0.2) is 4.99 Å². The largest absolute Gasteiger partial charge is 0.382 e. The Bertz CT molecular complexity index is 330. The van der Waals surface area contributed by atoms with E-state index in [4.69, 9.17) is 14.2 Å². The summed E-state index contributed by atoms with van der Waals surface area (Å²) in [5.74, 6) is 1.01. The van der Waals surface area contributed by atoms with Gasteiger partial charge in [0.15, 0.2) is 5.96 Å². The fourth-order valence-corrected chi connectivity index (χ4v) is 2.97. The molecule has 2 fully saturated rings. The van der Waals surface area contributed by atoms with E-state index in [1.54, 1.807) is 7.11 Å². The molecule has 1 N–H and O–H groups in total. The van der Waals surface area contributed by atoms with Gasteiger partial charge in [-0.2, -0.15) is 0 Å². The van der Waals surface area contributed by atoms with Crippen LogP contribution < -0.4 is 5.32 Å². The molecule has 0 aromatic heterocycles. The molecule has 6 nitrogen and oxygen atoms in total. The van der Waals surface area contributed by atoms with Gasteiger partial charge >= 0.3 is 0 Å². The summed E-state index contributed by atoms with van der Waals surface area (Å²) in [4.78, 5) is 7.04. The van der Waals surface area contributed by atoms with Crippen molar-refractivity contribution in [1.29, 1.82) is 0 Å². The van der Waals surface area contributed by atoms with Crippen molar-refractivity contribution in [2.45, 2.75) is 19.8 Å². The zero-order valence-electron chi connectivity index (χ0n) is 13.4. The molecule has 122 valence electrons. The molecule has 0 amide bonds. The molecule has 2 heterocycles. The molecule has 2 aliphatic rings. The third-order valence-electron chi connectivity index (χ3n) is 4.19. The maximum absolute atomic E-state index is 5.59. The molecule has 2 aliphatic heterocycles. The van der Waals surface area contributed by atoms with Gasteiger partial charge in [0.05, 0.1) is 33.0 Å². The number of ether oxygens (including phenoxy) is 3. The zero-order chi connectivity index (χ0) is 15.0.